The molecule has 1 saturated carbocycles. The second kappa shape index (κ2) is 6.03. The molecule has 0 aromatic carbocycles. The Kier molecular flexibility index (Phi) is 4.57. The highest BCUT2D eigenvalue weighted by Gasteiger charge is 2.26. The molecule has 20 heavy (non-hydrogen) atoms. The summed E-state index contributed by atoms with van der Waals surface area (Å²) in [5.74, 6) is 0.472. The van der Waals surface area contributed by atoms with Crippen LogP contribution in [0.25, 0.3) is 0 Å². The molecule has 0 radical (unpaired) electrons. The Morgan fingerprint density at radius 3 is 2.75 bits per heavy atom. The fourth-order valence-electron chi connectivity index (χ4n) is 1.81. The molecule has 1 aromatic heterocycles. The molecular weight excluding hydrogens is 295 g/mol. The monoisotopic (exact) mass is 309 g/mol. The van der Waals surface area contributed by atoms with Gasteiger partial charge in [0, 0.05) is 19.5 Å². The van der Waals surface area contributed by atoms with Crippen molar-refractivity contribution in [3.63, 3.8) is 0 Å². The van der Waals surface area contributed by atoms with Crippen molar-refractivity contribution in [2.75, 3.05) is 11.9 Å². The first-order valence-corrected chi connectivity index (χ1v) is 6.81. The topological polar surface area (TPSA) is 46.9 Å². The Morgan fingerprint density at radius 1 is 1.45 bits per heavy atom. The lowest BCUT2D eigenvalue weighted by molar-refractivity contribution is -0.134. The Balaban J connectivity index is 1.97. The summed E-state index contributed by atoms with van der Waals surface area (Å²) in [7, 11) is 0. The Morgan fingerprint density at radius 2 is 2.15 bits per heavy atom. The summed E-state index contributed by atoms with van der Waals surface area (Å²) in [5.41, 5.74) is -0.249. The molecule has 0 saturated heterocycles. The summed E-state index contributed by atoms with van der Waals surface area (Å²) in [6, 6.07) is 0. The minimum absolute atomic E-state index is 0.0436. The zero-order valence-electron chi connectivity index (χ0n) is 10.7. The first-order valence-electron chi connectivity index (χ1n) is 6.43. The average Bonchev–Trinajstić information content (AvgIpc) is 3.14. The summed E-state index contributed by atoms with van der Waals surface area (Å²) in [4.78, 5) is 12.1. The van der Waals surface area contributed by atoms with Gasteiger partial charge in [-0.05, 0) is 25.2 Å². The maximum atomic E-state index is 12.1. The fraction of sp³-hybridized carbons (Fsp3) is 0.667. The number of rotatable bonds is 6. The Labute approximate surface area is 118 Å². The van der Waals surface area contributed by atoms with E-state index in [1.807, 2.05) is 0 Å². The molecule has 1 heterocycles. The van der Waals surface area contributed by atoms with E-state index in [1.54, 1.807) is 0 Å². The van der Waals surface area contributed by atoms with Crippen molar-refractivity contribution in [3.8, 4) is 0 Å². The summed E-state index contributed by atoms with van der Waals surface area (Å²) in [6.07, 6.45) is -1.69. The molecule has 0 spiro atoms. The molecule has 1 aromatic rings. The minimum atomic E-state index is -4.18. The van der Waals surface area contributed by atoms with Crippen molar-refractivity contribution >= 4 is 17.3 Å². The lowest BCUT2D eigenvalue weighted by Crippen LogP contribution is -2.27. The number of anilines is 1. The van der Waals surface area contributed by atoms with Gasteiger partial charge in [0.25, 0.3) is 5.56 Å². The van der Waals surface area contributed by atoms with Gasteiger partial charge < -0.3 is 5.32 Å². The van der Waals surface area contributed by atoms with Gasteiger partial charge in [-0.15, -0.1) is 0 Å². The molecule has 2 rings (SSSR count). The predicted molar refractivity (Wildman–Crippen MR) is 70.0 cm³/mol. The second-order valence-corrected chi connectivity index (χ2v) is 5.35. The number of halogens is 4. The van der Waals surface area contributed by atoms with Gasteiger partial charge in [-0.3, -0.25) is 4.79 Å². The van der Waals surface area contributed by atoms with Gasteiger partial charge in [-0.25, -0.2) is 4.68 Å². The molecular formula is C12H15ClF3N3O. The van der Waals surface area contributed by atoms with Crippen molar-refractivity contribution < 1.29 is 13.2 Å². The zero-order valence-corrected chi connectivity index (χ0v) is 11.5. The van der Waals surface area contributed by atoms with Crippen LogP contribution in [0.15, 0.2) is 11.0 Å². The van der Waals surface area contributed by atoms with Gasteiger partial charge in [0.2, 0.25) is 0 Å². The van der Waals surface area contributed by atoms with E-state index in [4.69, 9.17) is 11.6 Å². The molecule has 8 heteroatoms. The molecule has 0 bridgehead atoms. The maximum absolute atomic E-state index is 12.1. The van der Waals surface area contributed by atoms with E-state index in [1.165, 1.54) is 10.9 Å². The predicted octanol–water partition coefficient (Wildman–Crippen LogP) is 3.06. The average molecular weight is 310 g/mol. The molecule has 0 aliphatic heterocycles. The number of hydrogen-bond donors (Lipinski definition) is 1. The smallest absolute Gasteiger partial charge is 0.379 e. The highest BCUT2D eigenvalue weighted by molar-refractivity contribution is 6.32. The molecule has 112 valence electrons. The van der Waals surface area contributed by atoms with Gasteiger partial charge in [-0.2, -0.15) is 18.3 Å². The van der Waals surface area contributed by atoms with Crippen LogP contribution in [-0.4, -0.2) is 22.5 Å². The Hall–Kier alpha value is -1.24. The third-order valence-electron chi connectivity index (χ3n) is 3.06. The highest BCUT2D eigenvalue weighted by atomic mass is 35.5. The lowest BCUT2D eigenvalue weighted by Gasteiger charge is -2.11. The van der Waals surface area contributed by atoms with Crippen molar-refractivity contribution in [2.24, 2.45) is 5.92 Å². The number of alkyl halides is 3. The van der Waals surface area contributed by atoms with E-state index in [0.717, 1.165) is 12.8 Å². The first-order chi connectivity index (χ1) is 9.37. The van der Waals surface area contributed by atoms with Crippen molar-refractivity contribution in [1.29, 1.82) is 0 Å². The molecule has 0 atom stereocenters. The summed E-state index contributed by atoms with van der Waals surface area (Å²) in [5, 5.41) is 6.75. The normalized spacial score (nSPS) is 15.4. The number of aromatic nitrogens is 2. The second-order valence-electron chi connectivity index (χ2n) is 4.94. The van der Waals surface area contributed by atoms with Crippen LogP contribution in [0.1, 0.15) is 25.7 Å². The molecule has 1 aliphatic rings. The van der Waals surface area contributed by atoms with Gasteiger partial charge in [0.05, 0.1) is 11.2 Å². The first kappa shape index (κ1) is 15.2. The number of hydrogen-bond acceptors (Lipinski definition) is 3. The Bertz CT molecular complexity index is 526. The van der Waals surface area contributed by atoms with Crippen molar-refractivity contribution in [1.82, 2.24) is 9.78 Å². The van der Waals surface area contributed by atoms with Crippen LogP contribution in [0, 0.1) is 5.92 Å². The van der Waals surface area contributed by atoms with Gasteiger partial charge in [0.15, 0.2) is 0 Å². The fourth-order valence-corrected chi connectivity index (χ4v) is 2.00. The summed E-state index contributed by atoms with van der Waals surface area (Å²) in [6.45, 7) is 0.579. The standard InChI is InChI=1S/C12H15ClF3N3O/c13-9-6-18-19(7-8-2-3-8)11(20)10(9)17-5-1-4-12(14,15)16/h6,8,17H,1-5,7H2. The molecule has 4 nitrogen and oxygen atoms in total. The van der Waals surface area contributed by atoms with Crippen molar-refractivity contribution in [3.05, 3.63) is 21.6 Å². The van der Waals surface area contributed by atoms with Gasteiger partial charge in [0.1, 0.15) is 5.69 Å². The van der Waals surface area contributed by atoms with Crippen LogP contribution in [-0.2, 0) is 6.54 Å². The zero-order chi connectivity index (χ0) is 14.8. The van der Waals surface area contributed by atoms with Crippen LogP contribution in [0.3, 0.4) is 0 Å². The third-order valence-corrected chi connectivity index (χ3v) is 3.35. The largest absolute Gasteiger partial charge is 0.389 e. The van der Waals surface area contributed by atoms with E-state index in [2.05, 4.69) is 10.4 Å². The number of nitrogens with one attached hydrogen (secondary N) is 1. The summed E-state index contributed by atoms with van der Waals surface area (Å²) < 4.78 is 37.4. The lowest BCUT2D eigenvalue weighted by atomic mass is 10.3. The third kappa shape index (κ3) is 4.40. The number of nitrogens with zero attached hydrogens (tertiary/aromatic N) is 2. The van der Waals surface area contributed by atoms with Crippen LogP contribution in [0.5, 0.6) is 0 Å². The van der Waals surface area contributed by atoms with Crippen LogP contribution in [0.4, 0.5) is 18.9 Å². The molecule has 1 N–H and O–H groups in total. The molecule has 0 amide bonds. The molecule has 1 aliphatic carbocycles. The van der Waals surface area contributed by atoms with Crippen LogP contribution < -0.4 is 10.9 Å². The molecule has 1 fully saturated rings. The quantitative estimate of drug-likeness (QED) is 0.822. The SMILES string of the molecule is O=c1c(NCCCC(F)(F)F)c(Cl)cnn1CC1CC1. The van der Waals surface area contributed by atoms with E-state index in [9.17, 15) is 18.0 Å². The van der Waals surface area contributed by atoms with Crippen LogP contribution in [0.2, 0.25) is 5.02 Å². The highest BCUT2D eigenvalue weighted by Crippen LogP contribution is 2.30. The van der Waals surface area contributed by atoms with Crippen LogP contribution >= 0.6 is 11.6 Å². The summed E-state index contributed by atoms with van der Waals surface area (Å²) >= 11 is 5.86. The van der Waals surface area contributed by atoms with Gasteiger partial charge >= 0.3 is 6.18 Å². The maximum Gasteiger partial charge on any atom is 0.389 e. The van der Waals surface area contributed by atoms with E-state index in [-0.39, 0.29) is 29.2 Å². The molecule has 0 unspecified atom stereocenters. The van der Waals surface area contributed by atoms with Crippen molar-refractivity contribution in [2.45, 2.75) is 38.4 Å². The van der Waals surface area contributed by atoms with E-state index in [0.29, 0.717) is 12.5 Å². The minimum Gasteiger partial charge on any atom is -0.379 e. The van der Waals surface area contributed by atoms with E-state index < -0.39 is 12.6 Å². The van der Waals surface area contributed by atoms with E-state index >= 15 is 0 Å². The van der Waals surface area contributed by atoms with Gasteiger partial charge in [-0.1, -0.05) is 11.6 Å².